The summed E-state index contributed by atoms with van der Waals surface area (Å²) in [6.07, 6.45) is 1.93. The van der Waals surface area contributed by atoms with Gasteiger partial charge in [0.05, 0.1) is 11.3 Å². The number of halogens is 2. The highest BCUT2D eigenvalue weighted by Gasteiger charge is 2.27. The van der Waals surface area contributed by atoms with Crippen LogP contribution in [0.15, 0.2) is 12.1 Å². The zero-order valence-corrected chi connectivity index (χ0v) is 10.2. The number of nitrogen functional groups attached to an aromatic ring is 1. The highest BCUT2D eigenvalue weighted by Crippen LogP contribution is 2.23. The molecule has 0 saturated carbocycles. The summed E-state index contributed by atoms with van der Waals surface area (Å²) in [5.74, 6) is -1.63. The van der Waals surface area contributed by atoms with Crippen molar-refractivity contribution in [3.05, 3.63) is 29.3 Å². The molecule has 2 rings (SSSR count). The number of nitrogens with zero attached hydrogens (tertiary/aromatic N) is 1. The first-order valence-corrected chi connectivity index (χ1v) is 6.06. The van der Waals surface area contributed by atoms with Crippen molar-refractivity contribution in [2.24, 2.45) is 5.92 Å². The largest absolute Gasteiger partial charge is 0.396 e. The Morgan fingerprint density at radius 3 is 2.78 bits per heavy atom. The number of carbonyl (C=O) groups excluding carboxylic acids is 1. The van der Waals surface area contributed by atoms with Crippen LogP contribution in [0.5, 0.6) is 0 Å². The Morgan fingerprint density at radius 2 is 2.17 bits per heavy atom. The average Bonchev–Trinajstić information content (AvgIpc) is 2.81. The van der Waals surface area contributed by atoms with Gasteiger partial charge in [0.25, 0.3) is 5.91 Å². The van der Waals surface area contributed by atoms with Gasteiger partial charge in [-0.3, -0.25) is 4.79 Å². The molecule has 1 saturated heterocycles. The lowest BCUT2D eigenvalue weighted by Gasteiger charge is -2.17. The molecule has 5 heteroatoms. The Bertz CT molecular complexity index is 476. The fraction of sp³-hybridized carbons (Fsp3) is 0.462. The number of amides is 1. The van der Waals surface area contributed by atoms with E-state index in [9.17, 15) is 13.6 Å². The lowest BCUT2D eigenvalue weighted by molar-refractivity contribution is 0.0782. The van der Waals surface area contributed by atoms with Gasteiger partial charge in [0.2, 0.25) is 0 Å². The zero-order valence-electron chi connectivity index (χ0n) is 10.2. The first-order valence-electron chi connectivity index (χ1n) is 6.06. The molecule has 1 aliphatic rings. The summed E-state index contributed by atoms with van der Waals surface area (Å²) >= 11 is 0. The summed E-state index contributed by atoms with van der Waals surface area (Å²) in [7, 11) is 0. The smallest absolute Gasteiger partial charge is 0.256 e. The van der Waals surface area contributed by atoms with Crippen molar-refractivity contribution in [2.45, 2.75) is 19.8 Å². The maximum absolute atomic E-state index is 13.6. The van der Waals surface area contributed by atoms with Crippen LogP contribution in [0.25, 0.3) is 0 Å². The molecule has 1 heterocycles. The second kappa shape index (κ2) is 4.92. The number of hydrogen-bond donors (Lipinski definition) is 1. The molecule has 18 heavy (non-hydrogen) atoms. The SMILES string of the molecule is CCC1CCN(C(=O)c2cc(N)c(F)cc2F)C1. The van der Waals surface area contributed by atoms with Crippen molar-refractivity contribution in [3.63, 3.8) is 0 Å². The number of nitrogens with two attached hydrogens (primary N) is 1. The van der Waals surface area contributed by atoms with E-state index in [1.54, 1.807) is 4.90 Å². The number of anilines is 1. The molecular formula is C13H16F2N2O. The van der Waals surface area contributed by atoms with Gasteiger partial charge >= 0.3 is 0 Å². The molecule has 0 bridgehead atoms. The third-order valence-corrected chi connectivity index (χ3v) is 3.47. The van der Waals surface area contributed by atoms with Crippen LogP contribution >= 0.6 is 0 Å². The first-order chi connectivity index (χ1) is 8.52. The molecule has 1 aromatic rings. The van der Waals surface area contributed by atoms with E-state index >= 15 is 0 Å². The topological polar surface area (TPSA) is 46.3 Å². The first kappa shape index (κ1) is 12.8. The Labute approximate surface area is 105 Å². The molecule has 2 N–H and O–H groups in total. The highest BCUT2D eigenvalue weighted by molar-refractivity contribution is 5.95. The summed E-state index contributed by atoms with van der Waals surface area (Å²) in [5.41, 5.74) is 5.02. The third kappa shape index (κ3) is 2.30. The van der Waals surface area contributed by atoms with Crippen LogP contribution in [-0.4, -0.2) is 23.9 Å². The number of likely N-dealkylation sites (tertiary alicyclic amines) is 1. The van der Waals surface area contributed by atoms with Gasteiger partial charge in [0.15, 0.2) is 0 Å². The molecule has 1 aliphatic heterocycles. The van der Waals surface area contributed by atoms with Crippen LogP contribution in [0.4, 0.5) is 14.5 Å². The predicted molar refractivity (Wildman–Crippen MR) is 65.1 cm³/mol. The monoisotopic (exact) mass is 254 g/mol. The summed E-state index contributed by atoms with van der Waals surface area (Å²) in [6.45, 7) is 3.31. The number of benzene rings is 1. The van der Waals surface area contributed by atoms with E-state index in [1.807, 2.05) is 0 Å². The molecule has 0 aliphatic carbocycles. The Hall–Kier alpha value is -1.65. The van der Waals surface area contributed by atoms with E-state index in [0.29, 0.717) is 25.1 Å². The van der Waals surface area contributed by atoms with Gasteiger partial charge in [-0.15, -0.1) is 0 Å². The summed E-state index contributed by atoms with van der Waals surface area (Å²) in [4.78, 5) is 13.7. The molecule has 1 fully saturated rings. The van der Waals surface area contributed by atoms with Crippen molar-refractivity contribution in [2.75, 3.05) is 18.8 Å². The molecular weight excluding hydrogens is 238 g/mol. The summed E-state index contributed by atoms with van der Waals surface area (Å²) in [5, 5.41) is 0. The van der Waals surface area contributed by atoms with Crippen LogP contribution < -0.4 is 5.73 Å². The average molecular weight is 254 g/mol. The Morgan fingerprint density at radius 1 is 1.44 bits per heavy atom. The second-order valence-electron chi connectivity index (χ2n) is 4.67. The van der Waals surface area contributed by atoms with Crippen LogP contribution in [0.1, 0.15) is 30.1 Å². The minimum Gasteiger partial charge on any atom is -0.396 e. The van der Waals surface area contributed by atoms with Crippen molar-refractivity contribution in [3.8, 4) is 0 Å². The van der Waals surface area contributed by atoms with Gasteiger partial charge in [-0.2, -0.15) is 0 Å². The molecule has 0 spiro atoms. The van der Waals surface area contributed by atoms with E-state index in [-0.39, 0.29) is 11.3 Å². The van der Waals surface area contributed by atoms with Gasteiger partial charge < -0.3 is 10.6 Å². The molecule has 1 unspecified atom stereocenters. The fourth-order valence-electron chi connectivity index (χ4n) is 2.25. The zero-order chi connectivity index (χ0) is 13.3. The molecule has 3 nitrogen and oxygen atoms in total. The minimum atomic E-state index is -0.855. The van der Waals surface area contributed by atoms with E-state index in [2.05, 4.69) is 6.92 Å². The third-order valence-electron chi connectivity index (χ3n) is 3.47. The van der Waals surface area contributed by atoms with Gasteiger partial charge in [0.1, 0.15) is 11.6 Å². The van der Waals surface area contributed by atoms with E-state index in [0.717, 1.165) is 18.9 Å². The number of rotatable bonds is 2. The standard InChI is InChI=1S/C13H16F2N2O/c1-2-8-3-4-17(7-8)13(18)9-5-12(16)11(15)6-10(9)14/h5-6,8H,2-4,7,16H2,1H3. The molecule has 1 amide bonds. The maximum Gasteiger partial charge on any atom is 0.256 e. The molecule has 1 aromatic carbocycles. The van der Waals surface area contributed by atoms with Crippen LogP contribution in [0, 0.1) is 17.6 Å². The van der Waals surface area contributed by atoms with E-state index < -0.39 is 17.5 Å². The van der Waals surface area contributed by atoms with Crippen molar-refractivity contribution in [1.82, 2.24) is 4.90 Å². The molecule has 0 aromatic heterocycles. The summed E-state index contributed by atoms with van der Waals surface area (Å²) < 4.78 is 26.6. The molecule has 0 radical (unpaired) electrons. The maximum atomic E-state index is 13.6. The van der Waals surface area contributed by atoms with Crippen molar-refractivity contribution >= 4 is 11.6 Å². The van der Waals surface area contributed by atoms with Crippen LogP contribution in [0.2, 0.25) is 0 Å². The highest BCUT2D eigenvalue weighted by atomic mass is 19.1. The second-order valence-corrected chi connectivity index (χ2v) is 4.67. The van der Waals surface area contributed by atoms with E-state index in [4.69, 9.17) is 5.73 Å². The van der Waals surface area contributed by atoms with Gasteiger partial charge in [-0.25, -0.2) is 8.78 Å². The minimum absolute atomic E-state index is 0.148. The quantitative estimate of drug-likeness (QED) is 0.824. The number of carbonyl (C=O) groups is 1. The predicted octanol–water partition coefficient (Wildman–Crippen LogP) is 2.42. The van der Waals surface area contributed by atoms with E-state index in [1.165, 1.54) is 0 Å². The van der Waals surface area contributed by atoms with Crippen LogP contribution in [0.3, 0.4) is 0 Å². The summed E-state index contributed by atoms with van der Waals surface area (Å²) in [6, 6.07) is 1.74. The lowest BCUT2D eigenvalue weighted by Crippen LogP contribution is -2.29. The molecule has 1 atom stereocenters. The van der Waals surface area contributed by atoms with Crippen molar-refractivity contribution < 1.29 is 13.6 Å². The fourth-order valence-corrected chi connectivity index (χ4v) is 2.25. The molecule has 98 valence electrons. The Balaban J connectivity index is 2.22. The van der Waals surface area contributed by atoms with Crippen LogP contribution in [-0.2, 0) is 0 Å². The lowest BCUT2D eigenvalue weighted by atomic mass is 10.1. The normalized spacial score (nSPS) is 19.3. The van der Waals surface area contributed by atoms with Gasteiger partial charge in [-0.05, 0) is 18.4 Å². The van der Waals surface area contributed by atoms with Crippen molar-refractivity contribution in [1.29, 1.82) is 0 Å². The number of hydrogen-bond acceptors (Lipinski definition) is 2. The van der Waals surface area contributed by atoms with Gasteiger partial charge in [-0.1, -0.05) is 13.3 Å². The Kier molecular flexibility index (Phi) is 3.50. The van der Waals surface area contributed by atoms with Gasteiger partial charge in [0, 0.05) is 19.2 Å².